The van der Waals surface area contributed by atoms with Crippen molar-refractivity contribution in [2.24, 2.45) is 0 Å². The minimum Gasteiger partial charge on any atom is -0.449 e. The van der Waals surface area contributed by atoms with Crippen LogP contribution >= 0.6 is 0 Å². The van der Waals surface area contributed by atoms with Crippen molar-refractivity contribution in [3.8, 4) is 5.95 Å². The summed E-state index contributed by atoms with van der Waals surface area (Å²) >= 11 is 0. The first-order valence-corrected chi connectivity index (χ1v) is 10.9. The number of nitrogens with zero attached hydrogens (tertiary/aromatic N) is 2. The number of furan rings is 1. The molecule has 3 heterocycles. The number of ether oxygens (including phenoxy) is 1. The van der Waals surface area contributed by atoms with E-state index < -0.39 is 23.3 Å². The Hall–Kier alpha value is -4.60. The van der Waals surface area contributed by atoms with E-state index in [9.17, 15) is 14.4 Å². The molecular weight excluding hydrogens is 454 g/mol. The summed E-state index contributed by atoms with van der Waals surface area (Å²) in [7, 11) is 0. The maximum atomic E-state index is 13.1. The molecule has 0 bridgehead atoms. The summed E-state index contributed by atoms with van der Waals surface area (Å²) in [4.78, 5) is 43.5. The highest BCUT2D eigenvalue weighted by Gasteiger charge is 2.30. The van der Waals surface area contributed by atoms with Gasteiger partial charge in [0.05, 0.1) is 18.2 Å². The van der Waals surface area contributed by atoms with Gasteiger partial charge in [0.1, 0.15) is 5.76 Å². The number of fused-ring (bicyclic) bond motifs is 2. The van der Waals surface area contributed by atoms with Gasteiger partial charge in [-0.1, -0.05) is 36.8 Å². The molecule has 0 spiro atoms. The quantitative estimate of drug-likeness (QED) is 0.366. The van der Waals surface area contributed by atoms with Gasteiger partial charge in [0, 0.05) is 24.2 Å². The number of hydrogen-bond acceptors (Lipinski definition) is 7. The van der Waals surface area contributed by atoms with E-state index in [2.05, 4.69) is 14.7 Å². The number of aryl methyl sites for hydroxylation is 2. The molecule has 1 aliphatic rings. The lowest BCUT2D eigenvalue weighted by Crippen LogP contribution is -2.33. The fraction of sp³-hybridized carbons (Fsp3) is 0.200. The molecule has 35 heavy (non-hydrogen) atoms. The van der Waals surface area contributed by atoms with Crippen molar-refractivity contribution < 1.29 is 23.5 Å². The second kappa shape index (κ2) is 8.64. The fourth-order valence-electron chi connectivity index (χ4n) is 4.20. The van der Waals surface area contributed by atoms with Gasteiger partial charge < -0.3 is 18.7 Å². The summed E-state index contributed by atoms with van der Waals surface area (Å²) < 4.78 is 17.0. The van der Waals surface area contributed by atoms with Crippen LogP contribution in [0.25, 0.3) is 12.2 Å². The Balaban J connectivity index is 1.64. The van der Waals surface area contributed by atoms with Crippen molar-refractivity contribution in [3.63, 3.8) is 0 Å². The Bertz CT molecular complexity index is 1590. The first-order valence-electron chi connectivity index (χ1n) is 10.9. The number of aromatic nitrogens is 3. The minimum absolute atomic E-state index is 0.0524. The molecule has 178 valence electrons. The maximum absolute atomic E-state index is 13.1. The lowest BCUT2D eigenvalue weighted by Gasteiger charge is -2.18. The third kappa shape index (κ3) is 4.21. The Morgan fingerprint density at radius 2 is 2.00 bits per heavy atom. The summed E-state index contributed by atoms with van der Waals surface area (Å²) in [5.41, 5.74) is 2.55. The number of carbonyl (C=O) groups is 1. The normalized spacial score (nSPS) is 14.3. The third-order valence-electron chi connectivity index (χ3n) is 5.77. The molecule has 10 nitrogen and oxygen atoms in total. The standard InChI is InChI=1S/C25H21N3O7/c1-3-19-26-22-18(34-19)8-5-14-10-13(2)4-7-16(14)21(22)17-12-28(24(30)27-23(17)29)11-15-6-9-20(33-15)35-25(31)32/h4-10,12,21H,3,11H2,1-2H3,(H,31,32)(H,27,29,30). The zero-order chi connectivity index (χ0) is 24.7. The van der Waals surface area contributed by atoms with Crippen LogP contribution in [0.2, 0.25) is 0 Å². The lowest BCUT2D eigenvalue weighted by atomic mass is 9.87. The van der Waals surface area contributed by atoms with Gasteiger partial charge >= 0.3 is 11.8 Å². The van der Waals surface area contributed by atoms with Gasteiger partial charge in [0.15, 0.2) is 11.7 Å². The van der Waals surface area contributed by atoms with Crippen LogP contribution in [0.4, 0.5) is 4.79 Å². The number of aromatic amines is 1. The van der Waals surface area contributed by atoms with Crippen molar-refractivity contribution in [3.05, 3.63) is 103 Å². The van der Waals surface area contributed by atoms with Gasteiger partial charge in [-0.25, -0.2) is 14.6 Å². The van der Waals surface area contributed by atoms with E-state index in [0.29, 0.717) is 29.3 Å². The van der Waals surface area contributed by atoms with E-state index in [4.69, 9.17) is 13.9 Å². The van der Waals surface area contributed by atoms with E-state index in [1.54, 1.807) is 0 Å². The van der Waals surface area contributed by atoms with Crippen LogP contribution in [0.1, 0.15) is 58.2 Å². The highest BCUT2D eigenvalue weighted by atomic mass is 16.7. The fourth-order valence-corrected chi connectivity index (χ4v) is 4.20. The summed E-state index contributed by atoms with van der Waals surface area (Å²) in [6.45, 7) is 3.86. The Labute approximate surface area is 198 Å². The molecule has 3 aromatic heterocycles. The summed E-state index contributed by atoms with van der Waals surface area (Å²) in [5, 5.41) is 8.75. The lowest BCUT2D eigenvalue weighted by molar-refractivity contribution is 0.132. The van der Waals surface area contributed by atoms with E-state index in [0.717, 1.165) is 16.7 Å². The van der Waals surface area contributed by atoms with Crippen LogP contribution in [-0.4, -0.2) is 25.8 Å². The molecule has 10 heteroatoms. The molecule has 0 saturated carbocycles. The van der Waals surface area contributed by atoms with Crippen LogP contribution in [0.5, 0.6) is 5.95 Å². The average Bonchev–Trinajstić information content (AvgIpc) is 3.39. The summed E-state index contributed by atoms with van der Waals surface area (Å²) in [5.74, 6) is 0.572. The van der Waals surface area contributed by atoms with E-state index in [1.807, 2.05) is 44.2 Å². The molecule has 0 fully saturated rings. The molecule has 0 saturated heterocycles. The molecule has 5 rings (SSSR count). The number of H-pyrrole nitrogens is 1. The molecule has 4 aromatic rings. The van der Waals surface area contributed by atoms with E-state index >= 15 is 0 Å². The number of oxazole rings is 1. The highest BCUT2D eigenvalue weighted by Crippen LogP contribution is 2.38. The second-order valence-corrected chi connectivity index (χ2v) is 8.17. The van der Waals surface area contributed by atoms with Crippen LogP contribution in [-0.2, 0) is 13.0 Å². The summed E-state index contributed by atoms with van der Waals surface area (Å²) in [6, 6.07) is 8.76. The SMILES string of the molecule is CCc1nc2c(o1)C=Cc1cc(C)ccc1C2c1cn(Cc2ccc(OC(=O)O)o2)c(=O)[nH]c1=O. The Kier molecular flexibility index (Phi) is 5.48. The van der Waals surface area contributed by atoms with E-state index in [1.165, 1.54) is 22.9 Å². The minimum atomic E-state index is -1.51. The van der Waals surface area contributed by atoms with Gasteiger partial charge in [-0.2, -0.15) is 0 Å². The molecular formula is C25H21N3O7. The summed E-state index contributed by atoms with van der Waals surface area (Å²) in [6.07, 6.45) is 4.33. The predicted molar refractivity (Wildman–Crippen MR) is 125 cm³/mol. The predicted octanol–water partition coefficient (Wildman–Crippen LogP) is 3.76. The molecule has 2 N–H and O–H groups in total. The smallest absolute Gasteiger partial charge is 0.449 e. The van der Waals surface area contributed by atoms with Crippen LogP contribution in [0, 0.1) is 6.92 Å². The zero-order valence-corrected chi connectivity index (χ0v) is 18.9. The van der Waals surface area contributed by atoms with Crippen LogP contribution < -0.4 is 16.0 Å². The Morgan fingerprint density at radius 1 is 1.17 bits per heavy atom. The molecule has 1 atom stereocenters. The Morgan fingerprint density at radius 3 is 2.77 bits per heavy atom. The van der Waals surface area contributed by atoms with Gasteiger partial charge in [-0.15, -0.1) is 0 Å². The van der Waals surface area contributed by atoms with Crippen molar-refractivity contribution in [1.82, 2.24) is 14.5 Å². The number of nitrogens with one attached hydrogen (secondary N) is 1. The maximum Gasteiger partial charge on any atom is 0.513 e. The largest absolute Gasteiger partial charge is 0.513 e. The molecule has 1 aliphatic carbocycles. The van der Waals surface area contributed by atoms with Crippen molar-refractivity contribution in [2.45, 2.75) is 32.7 Å². The van der Waals surface area contributed by atoms with Gasteiger partial charge in [-0.05, 0) is 30.2 Å². The van der Waals surface area contributed by atoms with Crippen molar-refractivity contribution in [2.75, 3.05) is 0 Å². The number of hydrogen-bond donors (Lipinski definition) is 2. The van der Waals surface area contributed by atoms with Gasteiger partial charge in [-0.3, -0.25) is 14.3 Å². The van der Waals surface area contributed by atoms with Crippen molar-refractivity contribution in [1.29, 1.82) is 0 Å². The average molecular weight is 475 g/mol. The van der Waals surface area contributed by atoms with Crippen LogP contribution in [0.3, 0.4) is 0 Å². The number of benzene rings is 1. The highest BCUT2D eigenvalue weighted by molar-refractivity contribution is 5.75. The number of carboxylic acid groups (broad SMARTS) is 1. The second-order valence-electron chi connectivity index (χ2n) is 8.17. The van der Waals surface area contributed by atoms with Crippen LogP contribution in [0.15, 0.2) is 55.0 Å². The monoisotopic (exact) mass is 475 g/mol. The molecule has 1 unspecified atom stereocenters. The first-order chi connectivity index (χ1) is 16.8. The van der Waals surface area contributed by atoms with Gasteiger partial charge in [0.25, 0.3) is 11.5 Å². The molecule has 0 amide bonds. The third-order valence-corrected chi connectivity index (χ3v) is 5.77. The number of rotatable bonds is 5. The van der Waals surface area contributed by atoms with E-state index in [-0.39, 0.29) is 18.3 Å². The topological polar surface area (TPSA) is 141 Å². The van der Waals surface area contributed by atoms with Crippen molar-refractivity contribution >= 4 is 18.3 Å². The molecule has 1 aromatic carbocycles. The molecule has 0 aliphatic heterocycles. The first kappa shape index (κ1) is 22.2. The van der Waals surface area contributed by atoms with Gasteiger partial charge in [0.2, 0.25) is 0 Å². The zero-order valence-electron chi connectivity index (χ0n) is 18.9. The molecule has 0 radical (unpaired) electrons.